The summed E-state index contributed by atoms with van der Waals surface area (Å²) in [4.78, 5) is 0.617. The summed E-state index contributed by atoms with van der Waals surface area (Å²) in [6.45, 7) is 0. The second-order valence-electron chi connectivity index (χ2n) is 6.05. The van der Waals surface area contributed by atoms with Gasteiger partial charge in [0.2, 0.25) is 0 Å². The van der Waals surface area contributed by atoms with Crippen LogP contribution in [0.25, 0.3) is 21.6 Å². The Balaban J connectivity index is 1.63. The highest BCUT2D eigenvalue weighted by Gasteiger charge is 2.19. The minimum Gasteiger partial charge on any atom is -0.206 e. The fraction of sp³-hybridized carbons (Fsp3) is 0.200. The van der Waals surface area contributed by atoms with Gasteiger partial charge in [0.05, 0.1) is 0 Å². The van der Waals surface area contributed by atoms with Crippen molar-refractivity contribution in [3.8, 4) is 21.6 Å². The third-order valence-electron chi connectivity index (χ3n) is 4.63. The molecule has 1 fully saturated rings. The third kappa shape index (κ3) is 2.81. The monoisotopic (exact) mass is 326 g/mol. The van der Waals surface area contributed by atoms with Crippen LogP contribution >= 0.6 is 11.3 Å². The topological polar surface area (TPSA) is 0 Å². The SMILES string of the molecule is Fc1ccc(-c2ccc(-c3ccc(C4CCC4)cc3)cc2F)s1. The van der Waals surface area contributed by atoms with E-state index < -0.39 is 0 Å². The Labute approximate surface area is 138 Å². The molecule has 1 aliphatic rings. The van der Waals surface area contributed by atoms with Crippen LogP contribution < -0.4 is 0 Å². The standard InChI is InChI=1S/C20H16F2S/c21-18-12-16(8-9-17(18)19-10-11-20(22)23-19)15-6-4-14(5-7-15)13-2-1-3-13/h4-13H,1-3H2. The molecule has 3 aromatic rings. The first-order valence-corrected chi connectivity index (χ1v) is 8.68. The Hall–Kier alpha value is -2.00. The Kier molecular flexibility index (Phi) is 3.74. The zero-order valence-corrected chi connectivity index (χ0v) is 13.4. The summed E-state index contributed by atoms with van der Waals surface area (Å²) in [7, 11) is 0. The lowest BCUT2D eigenvalue weighted by atomic mass is 9.80. The van der Waals surface area contributed by atoms with E-state index in [1.165, 1.54) is 37.0 Å². The van der Waals surface area contributed by atoms with E-state index in [-0.39, 0.29) is 10.9 Å². The predicted octanol–water partition coefficient (Wildman–Crippen LogP) is 6.63. The molecule has 0 amide bonds. The van der Waals surface area contributed by atoms with Gasteiger partial charge in [-0.25, -0.2) is 4.39 Å². The summed E-state index contributed by atoms with van der Waals surface area (Å²) in [5.41, 5.74) is 3.69. The van der Waals surface area contributed by atoms with Crippen molar-refractivity contribution in [2.45, 2.75) is 25.2 Å². The number of hydrogen-bond acceptors (Lipinski definition) is 1. The van der Waals surface area contributed by atoms with Crippen molar-refractivity contribution >= 4 is 11.3 Å². The molecule has 3 heteroatoms. The lowest BCUT2D eigenvalue weighted by Crippen LogP contribution is -2.08. The van der Waals surface area contributed by atoms with Crippen LogP contribution in [0, 0.1) is 10.9 Å². The van der Waals surface area contributed by atoms with Gasteiger partial charge in [-0.1, -0.05) is 36.8 Å². The minimum absolute atomic E-state index is 0.296. The summed E-state index contributed by atoms with van der Waals surface area (Å²) in [5.74, 6) is 0.393. The van der Waals surface area contributed by atoms with E-state index in [0.29, 0.717) is 16.4 Å². The Bertz CT molecular complexity index is 829. The van der Waals surface area contributed by atoms with Gasteiger partial charge in [-0.2, -0.15) is 4.39 Å². The van der Waals surface area contributed by atoms with Gasteiger partial charge in [-0.15, -0.1) is 11.3 Å². The van der Waals surface area contributed by atoms with Crippen LogP contribution in [-0.4, -0.2) is 0 Å². The summed E-state index contributed by atoms with van der Waals surface area (Å²) < 4.78 is 27.5. The summed E-state index contributed by atoms with van der Waals surface area (Å²) in [5, 5.41) is -0.296. The normalized spacial score (nSPS) is 14.7. The van der Waals surface area contributed by atoms with E-state index in [1.807, 2.05) is 6.07 Å². The minimum atomic E-state index is -0.313. The van der Waals surface area contributed by atoms with E-state index in [0.717, 1.165) is 22.5 Å². The summed E-state index contributed by atoms with van der Waals surface area (Å²) in [6.07, 6.45) is 3.88. The van der Waals surface area contributed by atoms with Gasteiger partial charge in [-0.3, -0.25) is 0 Å². The lowest BCUT2D eigenvalue weighted by molar-refractivity contribution is 0.420. The number of benzene rings is 2. The van der Waals surface area contributed by atoms with Crippen LogP contribution in [0.2, 0.25) is 0 Å². The van der Waals surface area contributed by atoms with Crippen molar-refractivity contribution in [3.63, 3.8) is 0 Å². The quantitative estimate of drug-likeness (QED) is 0.507. The van der Waals surface area contributed by atoms with E-state index in [9.17, 15) is 8.78 Å². The van der Waals surface area contributed by atoms with Crippen molar-refractivity contribution < 1.29 is 8.78 Å². The second kappa shape index (κ2) is 5.89. The molecule has 0 spiro atoms. The number of rotatable bonds is 3. The molecule has 2 aromatic carbocycles. The highest BCUT2D eigenvalue weighted by atomic mass is 32.1. The zero-order valence-electron chi connectivity index (χ0n) is 12.6. The highest BCUT2D eigenvalue weighted by Crippen LogP contribution is 2.37. The highest BCUT2D eigenvalue weighted by molar-refractivity contribution is 7.13. The first kappa shape index (κ1) is 14.6. The van der Waals surface area contributed by atoms with E-state index >= 15 is 0 Å². The Morgan fingerprint density at radius 2 is 1.57 bits per heavy atom. The first-order valence-electron chi connectivity index (χ1n) is 7.86. The van der Waals surface area contributed by atoms with Gasteiger partial charge in [0.25, 0.3) is 0 Å². The summed E-state index contributed by atoms with van der Waals surface area (Å²) in [6, 6.07) is 16.6. The Morgan fingerprint density at radius 3 is 2.13 bits per heavy atom. The largest absolute Gasteiger partial charge is 0.206 e. The maximum atomic E-state index is 14.4. The van der Waals surface area contributed by atoms with E-state index in [2.05, 4.69) is 24.3 Å². The van der Waals surface area contributed by atoms with Gasteiger partial charge in [0.1, 0.15) is 5.82 Å². The molecule has 1 heterocycles. The number of thiophene rings is 1. The molecule has 0 radical (unpaired) electrons. The van der Waals surface area contributed by atoms with Crippen LogP contribution in [-0.2, 0) is 0 Å². The van der Waals surface area contributed by atoms with Crippen LogP contribution in [0.3, 0.4) is 0 Å². The molecule has 0 N–H and O–H groups in total. The Morgan fingerprint density at radius 1 is 0.826 bits per heavy atom. The molecular weight excluding hydrogens is 310 g/mol. The molecule has 0 saturated heterocycles. The van der Waals surface area contributed by atoms with Crippen molar-refractivity contribution in [2.75, 3.05) is 0 Å². The number of hydrogen-bond donors (Lipinski definition) is 0. The molecule has 1 aromatic heterocycles. The van der Waals surface area contributed by atoms with Gasteiger partial charge >= 0.3 is 0 Å². The molecule has 0 aliphatic heterocycles. The number of halogens is 2. The van der Waals surface area contributed by atoms with Crippen molar-refractivity contribution in [2.24, 2.45) is 0 Å². The van der Waals surface area contributed by atoms with Crippen LogP contribution in [0.5, 0.6) is 0 Å². The maximum Gasteiger partial charge on any atom is 0.176 e. The molecule has 4 rings (SSSR count). The van der Waals surface area contributed by atoms with E-state index in [4.69, 9.17) is 0 Å². The van der Waals surface area contributed by atoms with Crippen molar-refractivity contribution in [1.29, 1.82) is 0 Å². The fourth-order valence-electron chi connectivity index (χ4n) is 3.04. The molecule has 0 bridgehead atoms. The predicted molar refractivity (Wildman–Crippen MR) is 91.7 cm³/mol. The average molecular weight is 326 g/mol. The molecule has 1 aliphatic carbocycles. The molecular formula is C20H16F2S. The van der Waals surface area contributed by atoms with Crippen LogP contribution in [0.15, 0.2) is 54.6 Å². The molecule has 1 saturated carbocycles. The second-order valence-corrected chi connectivity index (χ2v) is 7.08. The fourth-order valence-corrected chi connectivity index (χ4v) is 3.80. The molecule has 23 heavy (non-hydrogen) atoms. The average Bonchev–Trinajstić information content (AvgIpc) is 2.92. The third-order valence-corrected chi connectivity index (χ3v) is 5.54. The smallest absolute Gasteiger partial charge is 0.176 e. The van der Waals surface area contributed by atoms with Crippen LogP contribution in [0.4, 0.5) is 8.78 Å². The van der Waals surface area contributed by atoms with Crippen molar-refractivity contribution in [1.82, 2.24) is 0 Å². The van der Waals surface area contributed by atoms with Crippen molar-refractivity contribution in [3.05, 3.63) is 71.1 Å². The first-order chi connectivity index (χ1) is 11.2. The molecule has 0 nitrogen and oxygen atoms in total. The van der Waals surface area contributed by atoms with Gasteiger partial charge < -0.3 is 0 Å². The van der Waals surface area contributed by atoms with E-state index in [1.54, 1.807) is 12.1 Å². The lowest BCUT2D eigenvalue weighted by Gasteiger charge is -2.25. The molecule has 0 unspecified atom stereocenters. The van der Waals surface area contributed by atoms with Gasteiger partial charge in [0.15, 0.2) is 5.13 Å². The molecule has 116 valence electrons. The van der Waals surface area contributed by atoms with Gasteiger partial charge in [-0.05, 0) is 59.7 Å². The van der Waals surface area contributed by atoms with Gasteiger partial charge in [0, 0.05) is 10.4 Å². The maximum absolute atomic E-state index is 14.4. The molecule has 0 atom stereocenters. The summed E-state index contributed by atoms with van der Waals surface area (Å²) >= 11 is 0.964. The van der Waals surface area contributed by atoms with Crippen LogP contribution in [0.1, 0.15) is 30.7 Å². The zero-order chi connectivity index (χ0) is 15.8.